The molecule has 2 aliphatic heterocycles. The maximum absolute atomic E-state index is 13.9. The van der Waals surface area contributed by atoms with E-state index in [1.807, 2.05) is 19.0 Å². The smallest absolute Gasteiger partial charge is 0.338 e. The lowest BCUT2D eigenvalue weighted by Crippen LogP contribution is -2.42. The number of ether oxygens (including phenoxy) is 1. The topological polar surface area (TPSA) is 129 Å². The number of benzene rings is 2. The second-order valence-corrected chi connectivity index (χ2v) is 14.3. The number of thiazole rings is 1. The summed E-state index contributed by atoms with van der Waals surface area (Å²) >= 11 is 2.88. The van der Waals surface area contributed by atoms with Crippen molar-refractivity contribution >= 4 is 58.2 Å². The van der Waals surface area contributed by atoms with E-state index in [1.165, 1.54) is 11.3 Å². The average Bonchev–Trinajstić information content (AvgIpc) is 3.74. The van der Waals surface area contributed by atoms with Crippen molar-refractivity contribution in [1.82, 2.24) is 9.88 Å². The third-order valence-corrected chi connectivity index (χ3v) is 12.2. The van der Waals surface area contributed by atoms with Gasteiger partial charge in [-0.1, -0.05) is 23.5 Å². The van der Waals surface area contributed by atoms with Gasteiger partial charge in [0, 0.05) is 41.5 Å². The van der Waals surface area contributed by atoms with Crippen LogP contribution in [0.3, 0.4) is 0 Å². The molecule has 12 heteroatoms. The summed E-state index contributed by atoms with van der Waals surface area (Å²) in [5, 5.41) is 3.69. The van der Waals surface area contributed by atoms with Gasteiger partial charge < -0.3 is 19.9 Å². The Balaban J connectivity index is 1.12. The highest BCUT2D eigenvalue weighted by Crippen LogP contribution is 2.68. The number of likely N-dealkylation sites (tertiary alicyclic amines) is 1. The predicted octanol–water partition coefficient (Wildman–Crippen LogP) is 3.79. The highest BCUT2D eigenvalue weighted by atomic mass is 32.2. The largest absolute Gasteiger partial charge is 0.462 e. The zero-order chi connectivity index (χ0) is 30.9. The van der Waals surface area contributed by atoms with E-state index in [1.54, 1.807) is 43.0 Å². The normalized spacial score (nSPS) is 28.0. The molecule has 1 saturated heterocycles. The number of esters is 1. The van der Waals surface area contributed by atoms with Gasteiger partial charge in [-0.25, -0.2) is 4.79 Å². The first-order chi connectivity index (χ1) is 21.2. The van der Waals surface area contributed by atoms with E-state index in [2.05, 4.69) is 34.6 Å². The van der Waals surface area contributed by atoms with E-state index in [9.17, 15) is 24.0 Å². The van der Waals surface area contributed by atoms with Gasteiger partial charge in [-0.15, -0.1) is 11.8 Å². The van der Waals surface area contributed by atoms with Gasteiger partial charge in [0.15, 0.2) is 0 Å². The monoisotopic (exact) mass is 632 g/mol. The van der Waals surface area contributed by atoms with Gasteiger partial charge in [0.05, 0.1) is 29.0 Å². The summed E-state index contributed by atoms with van der Waals surface area (Å²) in [5.74, 6) is -2.40. The Kier molecular flexibility index (Phi) is 7.16. The quantitative estimate of drug-likeness (QED) is 0.298. The zero-order valence-electron chi connectivity index (χ0n) is 24.4. The molecular weight excluding hydrogens is 601 g/mol. The molecule has 7 rings (SSSR count). The minimum absolute atomic E-state index is 0.0139. The van der Waals surface area contributed by atoms with Crippen LogP contribution in [0.5, 0.6) is 0 Å². The Bertz CT molecular complexity index is 1720. The molecule has 7 atom stereocenters. The molecule has 3 amide bonds. The van der Waals surface area contributed by atoms with Gasteiger partial charge in [-0.2, -0.15) is 0 Å². The summed E-state index contributed by atoms with van der Waals surface area (Å²) in [6.45, 7) is 1.63. The molecule has 0 radical (unpaired) electrons. The Hall–Kier alpha value is -3.90. The Labute approximate surface area is 262 Å². The van der Waals surface area contributed by atoms with Crippen LogP contribution in [0.2, 0.25) is 0 Å². The molecule has 2 bridgehead atoms. The molecule has 2 aliphatic carbocycles. The number of amides is 3. The van der Waals surface area contributed by atoms with Crippen LogP contribution in [-0.4, -0.2) is 66.1 Å². The highest BCUT2D eigenvalue weighted by Gasteiger charge is 2.69. The summed E-state index contributed by atoms with van der Waals surface area (Å²) in [5.41, 5.74) is 3.00. The van der Waals surface area contributed by atoms with E-state index >= 15 is 0 Å². The highest BCUT2D eigenvalue weighted by molar-refractivity contribution is 8.00. The summed E-state index contributed by atoms with van der Waals surface area (Å²) in [4.78, 5) is 72.1. The number of fused-ring (bicyclic) bond motifs is 9. The number of anilines is 2. The fourth-order valence-electron chi connectivity index (χ4n) is 7.84. The van der Waals surface area contributed by atoms with Crippen molar-refractivity contribution in [2.75, 3.05) is 37.5 Å². The number of nitrogens with zero attached hydrogens (tertiary/aromatic N) is 2. The molecule has 6 unspecified atom stereocenters. The first-order valence-electron chi connectivity index (χ1n) is 14.8. The number of imide groups is 1. The van der Waals surface area contributed by atoms with Gasteiger partial charge >= 0.3 is 10.8 Å². The fourth-order valence-corrected chi connectivity index (χ4v) is 10.7. The number of aromatic amines is 1. The number of carbonyl (C=O) groups excluding carboxylic acids is 4. The number of H-pyrrole nitrogens is 1. The molecular formula is C32H32N4O6S2. The number of hydrogen-bond acceptors (Lipinski definition) is 9. The van der Waals surface area contributed by atoms with Gasteiger partial charge in [-0.05, 0) is 73.1 Å². The van der Waals surface area contributed by atoms with E-state index in [0.717, 1.165) is 32.5 Å². The predicted molar refractivity (Wildman–Crippen MR) is 167 cm³/mol. The van der Waals surface area contributed by atoms with E-state index < -0.39 is 23.7 Å². The van der Waals surface area contributed by atoms with Crippen molar-refractivity contribution in [3.05, 3.63) is 74.2 Å². The first kappa shape index (κ1) is 28.8. The number of aromatic nitrogens is 1. The number of nitrogens with one attached hydrogen (secondary N) is 2. The van der Waals surface area contributed by atoms with Crippen molar-refractivity contribution in [3.63, 3.8) is 0 Å². The zero-order valence-corrected chi connectivity index (χ0v) is 26.1. The van der Waals surface area contributed by atoms with Crippen LogP contribution in [-0.2, 0) is 19.1 Å². The van der Waals surface area contributed by atoms with Crippen LogP contribution in [0.15, 0.2) is 58.4 Å². The number of carbonyl (C=O) groups is 4. The first-order valence-corrected chi connectivity index (χ1v) is 16.4. The SMILES string of the molecule is CCOC(=O)c1ccc(NC(=O)CN2C(=O)C3C4CC(C3C2=O)C2C4Sc3[nH]c(=O)sc3[C@@H]2c2ccc(N(C)C)cc2)cc1. The standard InChI is InChI=1S/C32H32N4O6S2/c1-4-42-31(40)16-5-9-17(10-6-16)33-21(37)14-36-29(38)24-19-13-20(25(24)30(36)39)26-23(19)22(27-28(43-26)34-32(41)44-27)15-7-11-18(12-8-15)35(2)3/h5-12,19-20,22-26H,4,13-14H2,1-3H3,(H,33,37)(H,34,41)/t19?,20?,22-,23?,24?,25?,26?/m1/s1. The number of rotatable bonds is 7. The van der Waals surface area contributed by atoms with Gasteiger partial charge in [0.1, 0.15) is 6.54 Å². The van der Waals surface area contributed by atoms with Crippen molar-refractivity contribution in [2.45, 2.75) is 29.5 Å². The van der Waals surface area contributed by atoms with Crippen LogP contribution in [0, 0.1) is 29.6 Å². The Morgan fingerprint density at radius 2 is 1.68 bits per heavy atom. The molecule has 2 saturated carbocycles. The van der Waals surface area contributed by atoms with Crippen molar-refractivity contribution in [3.8, 4) is 0 Å². The lowest BCUT2D eigenvalue weighted by Gasteiger charge is -2.43. The molecule has 228 valence electrons. The van der Waals surface area contributed by atoms with Crippen LogP contribution in [0.25, 0.3) is 0 Å². The minimum atomic E-state index is -0.478. The molecule has 44 heavy (non-hydrogen) atoms. The van der Waals surface area contributed by atoms with Crippen LogP contribution in [0.1, 0.15) is 40.1 Å². The Morgan fingerprint density at radius 3 is 2.34 bits per heavy atom. The second-order valence-electron chi connectivity index (χ2n) is 12.1. The van der Waals surface area contributed by atoms with Gasteiger partial charge in [-0.3, -0.25) is 24.1 Å². The molecule has 3 aromatic rings. The summed E-state index contributed by atoms with van der Waals surface area (Å²) in [7, 11) is 3.98. The average molecular weight is 633 g/mol. The van der Waals surface area contributed by atoms with Crippen LogP contribution >= 0.6 is 23.1 Å². The van der Waals surface area contributed by atoms with Gasteiger partial charge in [0.2, 0.25) is 17.7 Å². The maximum Gasteiger partial charge on any atom is 0.338 e. The third kappa shape index (κ3) is 4.57. The number of hydrogen-bond donors (Lipinski definition) is 2. The lowest BCUT2D eigenvalue weighted by molar-refractivity contribution is -0.143. The second kappa shape index (κ2) is 10.9. The van der Waals surface area contributed by atoms with Crippen molar-refractivity contribution in [1.29, 1.82) is 0 Å². The molecule has 4 aliphatic rings. The van der Waals surface area contributed by atoms with E-state index in [0.29, 0.717) is 11.3 Å². The van der Waals surface area contributed by atoms with E-state index in [4.69, 9.17) is 4.74 Å². The van der Waals surface area contributed by atoms with Crippen molar-refractivity contribution in [2.24, 2.45) is 29.6 Å². The molecule has 3 heterocycles. The third-order valence-electron chi connectivity index (χ3n) is 9.57. The van der Waals surface area contributed by atoms with Crippen LogP contribution in [0.4, 0.5) is 11.4 Å². The summed E-state index contributed by atoms with van der Waals surface area (Å²) in [6, 6.07) is 14.7. The molecule has 2 N–H and O–H groups in total. The minimum Gasteiger partial charge on any atom is -0.462 e. The molecule has 1 aromatic heterocycles. The molecule has 3 fully saturated rings. The summed E-state index contributed by atoms with van der Waals surface area (Å²) < 4.78 is 4.99. The summed E-state index contributed by atoms with van der Waals surface area (Å²) in [6.07, 6.45) is 0.785. The fraction of sp³-hybridized carbons (Fsp3) is 0.406. The van der Waals surface area contributed by atoms with Crippen molar-refractivity contribution < 1.29 is 23.9 Å². The van der Waals surface area contributed by atoms with Crippen LogP contribution < -0.4 is 15.1 Å². The Morgan fingerprint density at radius 1 is 1.00 bits per heavy atom. The maximum atomic E-state index is 13.9. The lowest BCUT2D eigenvalue weighted by atomic mass is 9.68. The molecule has 10 nitrogen and oxygen atoms in total. The number of thioether (sulfide) groups is 1. The molecule has 0 spiro atoms. The van der Waals surface area contributed by atoms with Gasteiger partial charge in [0.25, 0.3) is 0 Å². The van der Waals surface area contributed by atoms with E-state index in [-0.39, 0.29) is 58.8 Å². The molecule has 2 aromatic carbocycles.